The summed E-state index contributed by atoms with van der Waals surface area (Å²) in [6.45, 7) is 1.97. The van der Waals surface area contributed by atoms with Gasteiger partial charge in [-0.2, -0.15) is 0 Å². The molecule has 0 spiro atoms. The maximum absolute atomic E-state index is 13.6. The van der Waals surface area contributed by atoms with Gasteiger partial charge in [-0.15, -0.1) is 0 Å². The summed E-state index contributed by atoms with van der Waals surface area (Å²) >= 11 is 9.15. The van der Waals surface area contributed by atoms with E-state index < -0.39 is 5.82 Å². The first kappa shape index (κ1) is 13.4. The van der Waals surface area contributed by atoms with Gasteiger partial charge in [-0.1, -0.05) is 17.7 Å². The van der Waals surface area contributed by atoms with Gasteiger partial charge in [-0.05, 0) is 46.6 Å². The molecular formula is C14H10BrClFN3. The van der Waals surface area contributed by atoms with Crippen LogP contribution in [0.25, 0.3) is 16.9 Å². The van der Waals surface area contributed by atoms with Gasteiger partial charge in [0.05, 0.1) is 5.02 Å². The Morgan fingerprint density at radius 1 is 1.35 bits per heavy atom. The summed E-state index contributed by atoms with van der Waals surface area (Å²) in [5.74, 6) is -0.0274. The number of nitrogen functional groups attached to an aromatic ring is 1. The predicted octanol–water partition coefficient (Wildman–Crippen LogP) is 4.45. The summed E-state index contributed by atoms with van der Waals surface area (Å²) < 4.78 is 16.3. The van der Waals surface area contributed by atoms with Gasteiger partial charge in [0.15, 0.2) is 0 Å². The minimum absolute atomic E-state index is 0.0784. The maximum Gasteiger partial charge on any atom is 0.142 e. The van der Waals surface area contributed by atoms with Gasteiger partial charge in [0.1, 0.15) is 23.0 Å². The first-order valence-corrected chi connectivity index (χ1v) is 7.03. The summed E-state index contributed by atoms with van der Waals surface area (Å²) in [6, 6.07) is 6.45. The molecule has 1 aromatic carbocycles. The van der Waals surface area contributed by atoms with Crippen molar-refractivity contribution in [1.29, 1.82) is 0 Å². The normalized spacial score (nSPS) is 11.2. The molecule has 2 aromatic heterocycles. The van der Waals surface area contributed by atoms with Gasteiger partial charge in [0.25, 0.3) is 0 Å². The number of pyridine rings is 1. The molecule has 0 fully saturated rings. The SMILES string of the molecule is Cc1cc2nc(-c3ccc(Cl)c(F)c3)c(N)n2cc1Br. The molecule has 0 aliphatic carbocycles. The van der Waals surface area contributed by atoms with Crippen molar-refractivity contribution in [2.24, 2.45) is 0 Å². The molecule has 0 bridgehead atoms. The van der Waals surface area contributed by atoms with Crippen molar-refractivity contribution in [3.63, 3.8) is 0 Å². The van der Waals surface area contributed by atoms with Crippen LogP contribution in [0.4, 0.5) is 10.2 Å². The van der Waals surface area contributed by atoms with Crippen LogP contribution in [0.1, 0.15) is 5.56 Å². The second-order valence-corrected chi connectivity index (χ2v) is 5.77. The van der Waals surface area contributed by atoms with Gasteiger partial charge < -0.3 is 5.73 Å². The predicted molar refractivity (Wildman–Crippen MR) is 82.4 cm³/mol. The van der Waals surface area contributed by atoms with E-state index in [1.807, 2.05) is 19.2 Å². The van der Waals surface area contributed by atoms with Crippen LogP contribution in [0.2, 0.25) is 5.02 Å². The number of aryl methyl sites for hydroxylation is 1. The number of nitrogens with two attached hydrogens (primary N) is 1. The largest absolute Gasteiger partial charge is 0.383 e. The number of fused-ring (bicyclic) bond motifs is 1. The van der Waals surface area contributed by atoms with E-state index in [2.05, 4.69) is 20.9 Å². The average molecular weight is 355 g/mol. The van der Waals surface area contributed by atoms with Crippen LogP contribution in [0.15, 0.2) is 34.9 Å². The van der Waals surface area contributed by atoms with E-state index in [0.717, 1.165) is 10.0 Å². The van der Waals surface area contributed by atoms with Gasteiger partial charge in [0, 0.05) is 16.2 Å². The van der Waals surface area contributed by atoms with E-state index in [4.69, 9.17) is 17.3 Å². The molecular weight excluding hydrogens is 345 g/mol. The fourth-order valence-corrected chi connectivity index (χ4v) is 2.47. The molecule has 0 aliphatic rings. The molecule has 0 aliphatic heterocycles. The molecule has 0 saturated carbocycles. The van der Waals surface area contributed by atoms with Crippen LogP contribution in [0.5, 0.6) is 0 Å². The zero-order valence-corrected chi connectivity index (χ0v) is 12.8. The van der Waals surface area contributed by atoms with E-state index in [0.29, 0.717) is 22.7 Å². The fourth-order valence-electron chi connectivity index (χ4n) is 2.03. The first-order chi connectivity index (χ1) is 9.47. The Morgan fingerprint density at radius 2 is 2.10 bits per heavy atom. The highest BCUT2D eigenvalue weighted by atomic mass is 79.9. The molecule has 3 aromatic rings. The minimum Gasteiger partial charge on any atom is -0.383 e. The van der Waals surface area contributed by atoms with Crippen LogP contribution in [-0.2, 0) is 0 Å². The number of imidazole rings is 1. The zero-order chi connectivity index (χ0) is 14.4. The number of anilines is 1. The quantitative estimate of drug-likeness (QED) is 0.702. The van der Waals surface area contributed by atoms with Crippen molar-refractivity contribution < 1.29 is 4.39 Å². The van der Waals surface area contributed by atoms with Crippen LogP contribution >= 0.6 is 27.5 Å². The standard InChI is InChI=1S/C14H10BrClFN3/c1-7-4-12-19-13(14(18)20(12)6-9(7)15)8-2-3-10(16)11(17)5-8/h2-6H,18H2,1H3. The molecule has 102 valence electrons. The van der Waals surface area contributed by atoms with Crippen molar-refractivity contribution in [1.82, 2.24) is 9.38 Å². The molecule has 0 saturated heterocycles. The number of aromatic nitrogens is 2. The molecule has 6 heteroatoms. The topological polar surface area (TPSA) is 43.3 Å². The number of hydrogen-bond acceptors (Lipinski definition) is 2. The highest BCUT2D eigenvalue weighted by Crippen LogP contribution is 2.30. The molecule has 2 N–H and O–H groups in total. The van der Waals surface area contributed by atoms with Crippen molar-refractivity contribution in [2.75, 3.05) is 5.73 Å². The van der Waals surface area contributed by atoms with E-state index in [9.17, 15) is 4.39 Å². The van der Waals surface area contributed by atoms with Gasteiger partial charge in [-0.3, -0.25) is 4.40 Å². The highest BCUT2D eigenvalue weighted by Gasteiger charge is 2.14. The van der Waals surface area contributed by atoms with Gasteiger partial charge >= 0.3 is 0 Å². The summed E-state index contributed by atoms with van der Waals surface area (Å²) in [7, 11) is 0. The monoisotopic (exact) mass is 353 g/mol. The third kappa shape index (κ3) is 2.07. The second-order valence-electron chi connectivity index (χ2n) is 4.51. The molecule has 3 nitrogen and oxygen atoms in total. The van der Waals surface area contributed by atoms with Crippen LogP contribution in [0, 0.1) is 12.7 Å². The van der Waals surface area contributed by atoms with Gasteiger partial charge in [-0.25, -0.2) is 9.37 Å². The summed E-state index contributed by atoms with van der Waals surface area (Å²) in [6.07, 6.45) is 1.85. The van der Waals surface area contributed by atoms with Crippen LogP contribution in [0.3, 0.4) is 0 Å². The summed E-state index contributed by atoms with van der Waals surface area (Å²) in [4.78, 5) is 4.46. The Hall–Kier alpha value is -1.59. The Morgan fingerprint density at radius 3 is 2.80 bits per heavy atom. The van der Waals surface area contributed by atoms with E-state index >= 15 is 0 Å². The lowest BCUT2D eigenvalue weighted by Gasteiger charge is -2.02. The minimum atomic E-state index is -0.488. The molecule has 2 heterocycles. The Balaban J connectivity index is 2.26. The molecule has 0 unspecified atom stereocenters. The first-order valence-electron chi connectivity index (χ1n) is 5.86. The third-order valence-electron chi connectivity index (χ3n) is 3.13. The van der Waals surface area contributed by atoms with Crippen LogP contribution in [-0.4, -0.2) is 9.38 Å². The second kappa shape index (κ2) is 4.75. The van der Waals surface area contributed by atoms with E-state index in [-0.39, 0.29) is 5.02 Å². The molecule has 0 atom stereocenters. The number of halogens is 3. The zero-order valence-electron chi connectivity index (χ0n) is 10.5. The van der Waals surface area contributed by atoms with Gasteiger partial charge in [0.2, 0.25) is 0 Å². The smallest absolute Gasteiger partial charge is 0.142 e. The molecule has 3 rings (SSSR count). The number of rotatable bonds is 1. The Kier molecular flexibility index (Phi) is 3.18. The molecule has 0 amide bonds. The lowest BCUT2D eigenvalue weighted by molar-refractivity contribution is 0.629. The maximum atomic E-state index is 13.6. The lowest BCUT2D eigenvalue weighted by Crippen LogP contribution is -1.95. The van der Waals surface area contributed by atoms with Crippen LogP contribution < -0.4 is 5.73 Å². The Bertz CT molecular complexity index is 829. The third-order valence-corrected chi connectivity index (χ3v) is 4.27. The summed E-state index contributed by atoms with van der Waals surface area (Å²) in [5, 5.41) is 0.0784. The lowest BCUT2D eigenvalue weighted by atomic mass is 10.1. The Labute approximate surface area is 128 Å². The summed E-state index contributed by atoms with van der Waals surface area (Å²) in [5.41, 5.74) is 9.01. The molecule has 20 heavy (non-hydrogen) atoms. The number of hydrogen-bond donors (Lipinski definition) is 1. The average Bonchev–Trinajstić information content (AvgIpc) is 2.71. The van der Waals surface area contributed by atoms with Crippen molar-refractivity contribution in [2.45, 2.75) is 6.92 Å². The van der Waals surface area contributed by atoms with Crippen molar-refractivity contribution >= 4 is 39.0 Å². The fraction of sp³-hybridized carbons (Fsp3) is 0.0714. The molecule has 0 radical (unpaired) electrons. The van der Waals surface area contributed by atoms with E-state index in [1.165, 1.54) is 12.1 Å². The number of benzene rings is 1. The van der Waals surface area contributed by atoms with Crippen molar-refractivity contribution in [3.05, 3.63) is 51.3 Å². The highest BCUT2D eigenvalue weighted by molar-refractivity contribution is 9.10. The number of nitrogens with zero attached hydrogens (tertiary/aromatic N) is 2. The van der Waals surface area contributed by atoms with Crippen molar-refractivity contribution in [3.8, 4) is 11.3 Å². The van der Waals surface area contributed by atoms with E-state index in [1.54, 1.807) is 10.5 Å².